The molecule has 0 saturated carbocycles. The largest absolute Gasteiger partial charge is 0.382 e. The summed E-state index contributed by atoms with van der Waals surface area (Å²) in [4.78, 5) is 27.9. The van der Waals surface area contributed by atoms with Crippen LogP contribution in [0.3, 0.4) is 0 Å². The number of nitrogens with zero attached hydrogens (tertiary/aromatic N) is 6. The van der Waals surface area contributed by atoms with Crippen molar-refractivity contribution in [2.24, 2.45) is 0 Å². The van der Waals surface area contributed by atoms with Crippen LogP contribution in [-0.2, 0) is 0 Å². The van der Waals surface area contributed by atoms with E-state index in [2.05, 4.69) is 15.0 Å². The second-order valence-electron chi connectivity index (χ2n) is 7.58. The summed E-state index contributed by atoms with van der Waals surface area (Å²) in [5.41, 5.74) is 12.0. The molecular weight excluding hydrogens is 442 g/mol. The molecule has 0 saturated heterocycles. The monoisotopic (exact) mass is 462 g/mol. The van der Waals surface area contributed by atoms with Gasteiger partial charge in [0.25, 0.3) is 5.56 Å². The lowest BCUT2D eigenvalue weighted by atomic mass is 10.1. The topological polar surface area (TPSA) is 140 Å². The van der Waals surface area contributed by atoms with Crippen molar-refractivity contribution in [2.45, 2.75) is 20.3 Å². The van der Waals surface area contributed by atoms with Crippen molar-refractivity contribution in [2.75, 3.05) is 22.9 Å². The molecule has 2 heterocycles. The maximum absolute atomic E-state index is 14.2. The summed E-state index contributed by atoms with van der Waals surface area (Å²) < 4.78 is 29.5. The zero-order chi connectivity index (χ0) is 24.6. The Hall–Kier alpha value is -4.59. The number of aryl methyl sites for hydroxylation is 1. The molecule has 0 radical (unpaired) electrons. The first-order chi connectivity index (χ1) is 16.2. The average Bonchev–Trinajstić information content (AvgIpc) is 2.76. The Morgan fingerprint density at radius 1 is 1.12 bits per heavy atom. The third kappa shape index (κ3) is 3.86. The van der Waals surface area contributed by atoms with Crippen molar-refractivity contribution in [1.82, 2.24) is 19.5 Å². The van der Waals surface area contributed by atoms with E-state index in [0.717, 1.165) is 16.7 Å². The summed E-state index contributed by atoms with van der Waals surface area (Å²) in [7, 11) is 0. The molecule has 0 bridgehead atoms. The molecule has 172 valence electrons. The van der Waals surface area contributed by atoms with Gasteiger partial charge in [0.05, 0.1) is 16.6 Å². The minimum absolute atomic E-state index is 0.0102. The van der Waals surface area contributed by atoms with Crippen molar-refractivity contribution >= 4 is 34.4 Å². The van der Waals surface area contributed by atoms with Gasteiger partial charge < -0.3 is 11.5 Å². The molecule has 0 aliphatic carbocycles. The van der Waals surface area contributed by atoms with E-state index in [4.69, 9.17) is 11.5 Å². The number of hydrogen-bond acceptors (Lipinski definition) is 8. The highest BCUT2D eigenvalue weighted by atomic mass is 19.1. The van der Waals surface area contributed by atoms with E-state index in [1.165, 1.54) is 4.90 Å². The minimum Gasteiger partial charge on any atom is -0.382 e. The van der Waals surface area contributed by atoms with E-state index >= 15 is 0 Å². The number of nitrogen functional groups attached to an aromatic ring is 2. The Labute approximate surface area is 192 Å². The second-order valence-corrected chi connectivity index (χ2v) is 7.58. The lowest BCUT2D eigenvalue weighted by Gasteiger charge is -2.27. The summed E-state index contributed by atoms with van der Waals surface area (Å²) >= 11 is 0. The van der Waals surface area contributed by atoms with Crippen LogP contribution in [0.5, 0.6) is 0 Å². The molecule has 0 atom stereocenters. The van der Waals surface area contributed by atoms with Gasteiger partial charge in [-0.2, -0.15) is 15.2 Å². The number of rotatable bonds is 5. The van der Waals surface area contributed by atoms with Crippen molar-refractivity contribution in [3.8, 4) is 11.8 Å². The first-order valence-corrected chi connectivity index (χ1v) is 10.3. The lowest BCUT2D eigenvalue weighted by Crippen LogP contribution is -2.31. The Morgan fingerprint density at radius 2 is 1.82 bits per heavy atom. The van der Waals surface area contributed by atoms with Gasteiger partial charge in [0.15, 0.2) is 5.82 Å². The summed E-state index contributed by atoms with van der Waals surface area (Å²) in [6.45, 7) is 3.83. The van der Waals surface area contributed by atoms with E-state index in [-0.39, 0.29) is 46.7 Å². The standard InChI is InChI=1S/C23H20F2N8O/c1-3-7-32(20-16(11-26)19(27)30-22(28)31-20)23-29-17-6-4-5-12(2)18(17)21(34)33(23)15-9-13(24)8-14(25)10-15/h4-6,8-10H,3,7H2,1-2H3,(H4,27,28,30,31). The molecule has 11 heteroatoms. The fourth-order valence-electron chi connectivity index (χ4n) is 3.78. The molecule has 0 fully saturated rings. The molecule has 34 heavy (non-hydrogen) atoms. The summed E-state index contributed by atoms with van der Waals surface area (Å²) in [5, 5.41) is 10.00. The molecule has 4 aromatic rings. The summed E-state index contributed by atoms with van der Waals surface area (Å²) in [6, 6.07) is 9.85. The van der Waals surface area contributed by atoms with Crippen LogP contribution in [0.15, 0.2) is 41.2 Å². The first kappa shape index (κ1) is 22.6. The first-order valence-electron chi connectivity index (χ1n) is 10.3. The number of nitriles is 1. The third-order valence-corrected chi connectivity index (χ3v) is 5.19. The predicted molar refractivity (Wildman–Crippen MR) is 125 cm³/mol. The van der Waals surface area contributed by atoms with Gasteiger partial charge in [0.2, 0.25) is 11.9 Å². The quantitative estimate of drug-likeness (QED) is 0.460. The summed E-state index contributed by atoms with van der Waals surface area (Å²) in [6.07, 6.45) is 0.536. The van der Waals surface area contributed by atoms with Gasteiger partial charge in [0, 0.05) is 12.6 Å². The van der Waals surface area contributed by atoms with Crippen LogP contribution in [0, 0.1) is 29.9 Å². The fraction of sp³-hybridized carbons (Fsp3) is 0.174. The van der Waals surface area contributed by atoms with Crippen LogP contribution in [-0.4, -0.2) is 26.1 Å². The number of benzene rings is 2. The molecule has 9 nitrogen and oxygen atoms in total. The Balaban J connectivity index is 2.16. The van der Waals surface area contributed by atoms with Crippen LogP contribution in [0.25, 0.3) is 16.6 Å². The molecule has 4 rings (SSSR count). The van der Waals surface area contributed by atoms with Gasteiger partial charge >= 0.3 is 0 Å². The average molecular weight is 462 g/mol. The highest BCUT2D eigenvalue weighted by molar-refractivity contribution is 5.83. The van der Waals surface area contributed by atoms with Gasteiger partial charge in [-0.1, -0.05) is 19.1 Å². The highest BCUT2D eigenvalue weighted by Gasteiger charge is 2.25. The SMILES string of the molecule is CCCN(c1nc(N)nc(N)c1C#N)c1nc2cccc(C)c2c(=O)n1-c1cc(F)cc(F)c1. The summed E-state index contributed by atoms with van der Waals surface area (Å²) in [5.74, 6) is -2.05. The van der Waals surface area contributed by atoms with E-state index in [9.17, 15) is 18.8 Å². The van der Waals surface area contributed by atoms with Crippen LogP contribution >= 0.6 is 0 Å². The van der Waals surface area contributed by atoms with Crippen LogP contribution in [0.1, 0.15) is 24.5 Å². The van der Waals surface area contributed by atoms with Crippen molar-refractivity contribution in [3.05, 3.63) is 69.5 Å². The van der Waals surface area contributed by atoms with Gasteiger partial charge in [-0.25, -0.2) is 18.3 Å². The number of hydrogen-bond donors (Lipinski definition) is 2. The van der Waals surface area contributed by atoms with Crippen molar-refractivity contribution in [3.63, 3.8) is 0 Å². The van der Waals surface area contributed by atoms with Gasteiger partial charge in [-0.15, -0.1) is 0 Å². The molecule has 0 aliphatic heterocycles. The van der Waals surface area contributed by atoms with E-state index in [0.29, 0.717) is 23.6 Å². The minimum atomic E-state index is -0.868. The normalized spacial score (nSPS) is 10.9. The van der Waals surface area contributed by atoms with Crippen LogP contribution in [0.2, 0.25) is 0 Å². The number of halogens is 2. The lowest BCUT2D eigenvalue weighted by molar-refractivity contribution is 0.581. The molecule has 2 aromatic carbocycles. The van der Waals surface area contributed by atoms with Crippen LogP contribution < -0.4 is 21.9 Å². The molecular formula is C23H20F2N8O. The Morgan fingerprint density at radius 3 is 2.47 bits per heavy atom. The molecule has 4 N–H and O–H groups in total. The van der Waals surface area contributed by atoms with Crippen molar-refractivity contribution in [1.29, 1.82) is 5.26 Å². The number of nitrogens with two attached hydrogens (primary N) is 2. The zero-order valence-corrected chi connectivity index (χ0v) is 18.4. The third-order valence-electron chi connectivity index (χ3n) is 5.19. The Bertz CT molecular complexity index is 1510. The van der Waals surface area contributed by atoms with E-state index < -0.39 is 17.2 Å². The predicted octanol–water partition coefficient (Wildman–Crippen LogP) is 3.35. The molecule has 0 spiro atoms. The van der Waals surface area contributed by atoms with Crippen LogP contribution in [0.4, 0.5) is 32.3 Å². The Kier molecular flexibility index (Phi) is 5.81. The maximum Gasteiger partial charge on any atom is 0.267 e. The number of anilines is 4. The van der Waals surface area contributed by atoms with E-state index in [1.54, 1.807) is 25.1 Å². The second kappa shape index (κ2) is 8.74. The number of fused-ring (bicyclic) bond motifs is 1. The molecule has 0 unspecified atom stereocenters. The fourth-order valence-corrected chi connectivity index (χ4v) is 3.78. The molecule has 0 aliphatic rings. The number of aromatic nitrogens is 4. The molecule has 0 amide bonds. The smallest absolute Gasteiger partial charge is 0.267 e. The van der Waals surface area contributed by atoms with E-state index in [1.807, 2.05) is 13.0 Å². The van der Waals surface area contributed by atoms with Gasteiger partial charge in [-0.05, 0) is 37.1 Å². The zero-order valence-electron chi connectivity index (χ0n) is 18.4. The van der Waals surface area contributed by atoms with Gasteiger partial charge in [-0.3, -0.25) is 9.69 Å². The molecule has 2 aromatic heterocycles. The maximum atomic E-state index is 14.2. The van der Waals surface area contributed by atoms with Gasteiger partial charge in [0.1, 0.15) is 29.1 Å². The highest BCUT2D eigenvalue weighted by Crippen LogP contribution is 2.31. The van der Waals surface area contributed by atoms with Crippen molar-refractivity contribution < 1.29 is 8.78 Å².